The van der Waals surface area contributed by atoms with E-state index in [0.29, 0.717) is 34.7 Å². The third-order valence-electron chi connectivity index (χ3n) is 3.72. The Labute approximate surface area is 181 Å². The van der Waals surface area contributed by atoms with E-state index in [1.54, 1.807) is 38.6 Å². The summed E-state index contributed by atoms with van der Waals surface area (Å²) in [6.07, 6.45) is 4.80. The second-order valence-electron chi connectivity index (χ2n) is 6.22. The molecule has 0 unspecified atom stereocenters. The van der Waals surface area contributed by atoms with Gasteiger partial charge in [0.05, 0.1) is 6.42 Å². The van der Waals surface area contributed by atoms with Crippen LogP contribution in [0.15, 0.2) is 29.0 Å². The van der Waals surface area contributed by atoms with Crippen LogP contribution in [0, 0.1) is 0 Å². The number of hydrogen-bond donors (Lipinski definition) is 2. The lowest BCUT2D eigenvalue weighted by Gasteiger charge is -2.07. The van der Waals surface area contributed by atoms with E-state index in [0.717, 1.165) is 5.56 Å². The van der Waals surface area contributed by atoms with Crippen molar-refractivity contribution < 1.29 is 24.0 Å². The van der Waals surface area contributed by atoms with Gasteiger partial charge < -0.3 is 19.8 Å². The Kier molecular flexibility index (Phi) is 9.16. The highest BCUT2D eigenvalue weighted by Gasteiger charge is 2.13. The van der Waals surface area contributed by atoms with Crippen LogP contribution in [-0.2, 0) is 27.2 Å². The summed E-state index contributed by atoms with van der Waals surface area (Å²) in [6.45, 7) is -0.250. The van der Waals surface area contributed by atoms with Crippen molar-refractivity contribution in [2.24, 2.45) is 0 Å². The van der Waals surface area contributed by atoms with Crippen LogP contribution < -0.4 is 5.32 Å². The Morgan fingerprint density at radius 3 is 2.65 bits per heavy atom. The predicted molar refractivity (Wildman–Crippen MR) is 110 cm³/mol. The smallest absolute Gasteiger partial charge is 0.290 e. The second-order valence-corrected chi connectivity index (χ2v) is 7.28. The number of hydrogen-bond acceptors (Lipinski definition) is 10. The zero-order valence-electron chi connectivity index (χ0n) is 16.9. The molecule has 0 saturated heterocycles. The summed E-state index contributed by atoms with van der Waals surface area (Å²) in [6, 6.07) is 3.59. The molecule has 0 aliphatic carbocycles. The van der Waals surface area contributed by atoms with Crippen LogP contribution in [0.3, 0.4) is 0 Å². The van der Waals surface area contributed by atoms with E-state index in [1.165, 1.54) is 16.2 Å². The Hall–Kier alpha value is -3.74. The molecule has 2 N–H and O–H groups in total. The van der Waals surface area contributed by atoms with Gasteiger partial charge in [-0.1, -0.05) is 16.5 Å². The van der Waals surface area contributed by atoms with Crippen molar-refractivity contribution in [1.29, 1.82) is 0 Å². The highest BCUT2D eigenvalue weighted by Crippen LogP contribution is 2.17. The minimum Gasteiger partial charge on any atom is -0.483 e. The number of anilines is 1. The maximum Gasteiger partial charge on any atom is 0.290 e. The van der Waals surface area contributed by atoms with Crippen molar-refractivity contribution in [3.63, 3.8) is 0 Å². The number of nitrogens with zero attached hydrogens (tertiary/aromatic N) is 6. The number of likely N-dealkylation sites (N-methyl/N-ethyl adjacent to an activating group) is 1. The van der Waals surface area contributed by atoms with Crippen molar-refractivity contribution in [2.75, 3.05) is 19.4 Å². The molecule has 0 atom stereocenters. The molecule has 3 aromatic rings. The maximum absolute atomic E-state index is 12.0. The SMILES string of the molecule is CN(C)C(=O)Cc1nnc(NC(=O)CCCc2nc(-c3ccncc3)no2)s1.O=CO. The minimum absolute atomic E-state index is 0.0697. The van der Waals surface area contributed by atoms with Gasteiger partial charge >= 0.3 is 0 Å². The summed E-state index contributed by atoms with van der Waals surface area (Å²) >= 11 is 1.19. The molecule has 3 rings (SSSR count). The van der Waals surface area contributed by atoms with Crippen molar-refractivity contribution in [3.8, 4) is 11.4 Å². The highest BCUT2D eigenvalue weighted by atomic mass is 32.1. The van der Waals surface area contributed by atoms with Crippen LogP contribution in [-0.4, -0.2) is 67.7 Å². The average Bonchev–Trinajstić information content (AvgIpc) is 3.39. The maximum atomic E-state index is 12.0. The number of amides is 2. The zero-order valence-corrected chi connectivity index (χ0v) is 17.7. The van der Waals surface area contributed by atoms with Gasteiger partial charge in [-0.2, -0.15) is 4.98 Å². The van der Waals surface area contributed by atoms with Crippen LogP contribution in [0.2, 0.25) is 0 Å². The monoisotopic (exact) mass is 447 g/mol. The Morgan fingerprint density at radius 2 is 1.97 bits per heavy atom. The molecule has 164 valence electrons. The fraction of sp³-hybridized carbons (Fsp3) is 0.333. The van der Waals surface area contributed by atoms with Gasteiger partial charge in [-0.3, -0.25) is 19.4 Å². The molecule has 2 amide bonds. The van der Waals surface area contributed by atoms with Gasteiger partial charge in [-0.05, 0) is 18.6 Å². The first-order valence-corrected chi connectivity index (χ1v) is 9.87. The van der Waals surface area contributed by atoms with Crippen molar-refractivity contribution in [3.05, 3.63) is 35.4 Å². The summed E-state index contributed by atoms with van der Waals surface area (Å²) in [5.41, 5.74) is 0.822. The van der Waals surface area contributed by atoms with E-state index >= 15 is 0 Å². The van der Waals surface area contributed by atoms with Crippen molar-refractivity contribution >= 4 is 34.8 Å². The highest BCUT2D eigenvalue weighted by molar-refractivity contribution is 7.15. The number of carbonyl (C=O) groups is 3. The molecule has 0 bridgehead atoms. The molecule has 0 spiro atoms. The summed E-state index contributed by atoms with van der Waals surface area (Å²) < 4.78 is 5.21. The lowest BCUT2D eigenvalue weighted by atomic mass is 10.2. The Balaban J connectivity index is 0.00000107. The molecule has 12 nitrogen and oxygen atoms in total. The summed E-state index contributed by atoms with van der Waals surface area (Å²) in [5, 5.41) is 22.3. The van der Waals surface area contributed by atoms with Crippen LogP contribution in [0.1, 0.15) is 23.7 Å². The first kappa shape index (κ1) is 23.5. The number of rotatable bonds is 8. The van der Waals surface area contributed by atoms with Gasteiger partial charge in [-0.15, -0.1) is 10.2 Å². The normalized spacial score (nSPS) is 10.0. The largest absolute Gasteiger partial charge is 0.483 e. The number of pyridine rings is 1. The van der Waals surface area contributed by atoms with Gasteiger partial charge in [0.2, 0.25) is 28.7 Å². The standard InChI is InChI=1S/C17H19N7O3S.CH2O2/c1-24(2)15(26)10-14-21-22-17(28-14)19-12(25)4-3-5-13-20-16(23-27-13)11-6-8-18-9-7-11;2-1-3/h6-9H,3-5,10H2,1-2H3,(H,19,22,25);1H,(H,2,3). The molecule has 0 aromatic carbocycles. The van der Waals surface area contributed by atoms with Crippen LogP contribution in [0.5, 0.6) is 0 Å². The number of carbonyl (C=O) groups excluding carboxylic acids is 2. The van der Waals surface area contributed by atoms with Gasteiger partial charge in [0, 0.05) is 44.9 Å². The first-order chi connectivity index (χ1) is 14.9. The molecule has 0 aliphatic heterocycles. The summed E-state index contributed by atoms with van der Waals surface area (Å²) in [7, 11) is 3.35. The lowest BCUT2D eigenvalue weighted by molar-refractivity contribution is -0.128. The minimum atomic E-state index is -0.250. The van der Waals surface area contributed by atoms with Crippen LogP contribution in [0.4, 0.5) is 5.13 Å². The van der Waals surface area contributed by atoms with E-state index in [-0.39, 0.29) is 31.1 Å². The number of carboxylic acid groups (broad SMARTS) is 1. The average molecular weight is 447 g/mol. The van der Waals surface area contributed by atoms with E-state index in [9.17, 15) is 9.59 Å². The van der Waals surface area contributed by atoms with Gasteiger partial charge in [0.1, 0.15) is 5.01 Å². The second kappa shape index (κ2) is 12.1. The Morgan fingerprint density at radius 1 is 1.26 bits per heavy atom. The number of aryl methyl sites for hydroxylation is 1. The van der Waals surface area contributed by atoms with Crippen molar-refractivity contribution in [1.82, 2.24) is 30.2 Å². The topological polar surface area (TPSA) is 164 Å². The molecule has 3 aromatic heterocycles. The van der Waals surface area contributed by atoms with E-state index < -0.39 is 0 Å². The summed E-state index contributed by atoms with van der Waals surface area (Å²) in [4.78, 5) is 41.8. The molecular weight excluding hydrogens is 426 g/mol. The molecule has 31 heavy (non-hydrogen) atoms. The molecule has 0 saturated carbocycles. The predicted octanol–water partition coefficient (Wildman–Crippen LogP) is 1.28. The third-order valence-corrected chi connectivity index (χ3v) is 4.55. The fourth-order valence-electron chi connectivity index (χ4n) is 2.22. The number of aromatic nitrogens is 5. The molecule has 3 heterocycles. The van der Waals surface area contributed by atoms with Gasteiger partial charge in [0.25, 0.3) is 6.47 Å². The fourth-order valence-corrected chi connectivity index (χ4v) is 2.97. The van der Waals surface area contributed by atoms with E-state index in [1.807, 2.05) is 0 Å². The van der Waals surface area contributed by atoms with E-state index in [4.69, 9.17) is 14.4 Å². The van der Waals surface area contributed by atoms with E-state index in [2.05, 4.69) is 30.6 Å². The van der Waals surface area contributed by atoms with Crippen molar-refractivity contribution in [2.45, 2.75) is 25.7 Å². The molecule has 13 heteroatoms. The zero-order chi connectivity index (χ0) is 22.6. The van der Waals surface area contributed by atoms with Crippen LogP contribution in [0.25, 0.3) is 11.4 Å². The van der Waals surface area contributed by atoms with Gasteiger partial charge in [0.15, 0.2) is 0 Å². The third kappa shape index (κ3) is 7.89. The quantitative estimate of drug-likeness (QED) is 0.480. The van der Waals surface area contributed by atoms with Gasteiger partial charge in [-0.25, -0.2) is 0 Å². The lowest BCUT2D eigenvalue weighted by Crippen LogP contribution is -2.23. The molecule has 0 fully saturated rings. The Bertz CT molecular complexity index is 990. The van der Waals surface area contributed by atoms with Crippen LogP contribution >= 0.6 is 11.3 Å². The summed E-state index contributed by atoms with van der Waals surface area (Å²) in [5.74, 6) is 0.714. The first-order valence-electron chi connectivity index (χ1n) is 9.06. The molecule has 0 radical (unpaired) electrons. The molecule has 0 aliphatic rings. The molecular formula is C18H21N7O5S. The number of nitrogens with one attached hydrogen (secondary N) is 1.